The smallest absolute Gasteiger partial charge is 0.255 e. The lowest BCUT2D eigenvalue weighted by molar-refractivity contribution is 0.0961. The van der Waals surface area contributed by atoms with Crippen LogP contribution >= 0.6 is 0 Å². The van der Waals surface area contributed by atoms with Crippen LogP contribution in [-0.4, -0.2) is 50.4 Å². The Morgan fingerprint density at radius 2 is 1.94 bits per heavy atom. The fraction of sp³-hybridized carbons (Fsp3) is 0.417. The molecule has 3 rings (SSSR count). The lowest BCUT2D eigenvalue weighted by Gasteiger charge is -2.24. The third-order valence-electron chi connectivity index (χ3n) is 5.97. The zero-order chi connectivity index (χ0) is 25.0. The number of aliphatic hydroxyl groups is 1. The standard InChI is InChI=1S/C24H30FN3O5S/c1-15-13-19-16(2)20(29)7-5-6-12-28(34(4,31)32)23(19)27-14-33-22(21(15)24(30)26-3)17-8-10-18(25)11-9-17/h8-11,13-14,16,20,29H,5-7,12H2,1-4H3,(H,26,30). The number of fused-ring (bicyclic) bond motifs is 1. The van der Waals surface area contributed by atoms with Gasteiger partial charge in [0.1, 0.15) is 17.4 Å². The molecule has 0 saturated carbocycles. The van der Waals surface area contributed by atoms with Crippen LogP contribution in [0.2, 0.25) is 0 Å². The summed E-state index contributed by atoms with van der Waals surface area (Å²) in [7, 11) is -2.21. The van der Waals surface area contributed by atoms with Crippen LogP contribution in [0.15, 0.2) is 41.1 Å². The summed E-state index contributed by atoms with van der Waals surface area (Å²) in [6, 6.07) is 7.14. The number of aryl methyl sites for hydroxylation is 1. The van der Waals surface area contributed by atoms with Gasteiger partial charge in [0.15, 0.2) is 6.39 Å². The number of amides is 1. The Balaban J connectivity index is 2.45. The number of nitrogens with zero attached hydrogens (tertiary/aromatic N) is 2. The Bertz CT molecular complexity index is 1210. The molecule has 2 aromatic rings. The minimum Gasteiger partial charge on any atom is -0.444 e. The number of carbonyl (C=O) groups is 1. The van der Waals surface area contributed by atoms with Crippen LogP contribution in [0, 0.1) is 12.7 Å². The van der Waals surface area contributed by atoms with E-state index >= 15 is 0 Å². The highest BCUT2D eigenvalue weighted by molar-refractivity contribution is 7.92. The highest BCUT2D eigenvalue weighted by Gasteiger charge is 2.29. The molecule has 2 heterocycles. The molecule has 1 amide bonds. The predicted molar refractivity (Wildman–Crippen MR) is 128 cm³/mol. The maximum absolute atomic E-state index is 13.5. The third-order valence-corrected chi connectivity index (χ3v) is 7.13. The lowest BCUT2D eigenvalue weighted by atomic mass is 9.92. The van der Waals surface area contributed by atoms with Gasteiger partial charge < -0.3 is 14.8 Å². The Kier molecular flexibility index (Phi) is 7.93. The summed E-state index contributed by atoms with van der Waals surface area (Å²) in [5, 5.41) is 13.4. The van der Waals surface area contributed by atoms with E-state index in [0.717, 1.165) is 12.6 Å². The number of rotatable bonds is 3. The molecule has 8 nitrogen and oxygen atoms in total. The number of nitrogens with one attached hydrogen (secondary N) is 1. The number of anilines is 1. The summed E-state index contributed by atoms with van der Waals surface area (Å²) in [6.07, 6.45) is 3.16. The van der Waals surface area contributed by atoms with Crippen LogP contribution in [0.1, 0.15) is 53.6 Å². The molecule has 2 unspecified atom stereocenters. The molecule has 10 heteroatoms. The second-order valence-electron chi connectivity index (χ2n) is 8.44. The monoisotopic (exact) mass is 491 g/mol. The average molecular weight is 492 g/mol. The van der Waals surface area contributed by atoms with Gasteiger partial charge in [-0.2, -0.15) is 0 Å². The summed E-state index contributed by atoms with van der Waals surface area (Å²) in [5.74, 6) is -1.08. The molecular weight excluding hydrogens is 461 g/mol. The molecule has 0 saturated heterocycles. The van der Waals surface area contributed by atoms with Crippen molar-refractivity contribution in [3.05, 3.63) is 59.2 Å². The second kappa shape index (κ2) is 10.5. The Morgan fingerprint density at radius 3 is 2.56 bits per heavy atom. The molecule has 0 bridgehead atoms. The molecule has 1 aromatic heterocycles. The van der Waals surface area contributed by atoms with E-state index in [4.69, 9.17) is 4.42 Å². The molecule has 1 aromatic carbocycles. The summed E-state index contributed by atoms with van der Waals surface area (Å²) in [6.45, 7) is 3.69. The van der Waals surface area contributed by atoms with Gasteiger partial charge in [-0.25, -0.2) is 17.8 Å². The first-order valence-electron chi connectivity index (χ1n) is 11.0. The summed E-state index contributed by atoms with van der Waals surface area (Å²) < 4.78 is 46.0. The molecule has 184 valence electrons. The van der Waals surface area contributed by atoms with Crippen LogP contribution < -0.4 is 9.62 Å². The topological polar surface area (TPSA) is 113 Å². The second-order valence-corrected chi connectivity index (χ2v) is 10.3. The lowest BCUT2D eigenvalue weighted by Crippen LogP contribution is -2.32. The first kappa shape index (κ1) is 25.6. The van der Waals surface area contributed by atoms with Crippen molar-refractivity contribution < 1.29 is 27.1 Å². The number of carbonyl (C=O) groups excluding carboxylic acids is 1. The quantitative estimate of drug-likeness (QED) is 0.677. The number of sulfonamides is 1. The molecule has 0 fully saturated rings. The molecule has 2 N–H and O–H groups in total. The Hall–Kier alpha value is -2.98. The summed E-state index contributed by atoms with van der Waals surface area (Å²) in [5.41, 5.74) is 1.57. The molecule has 0 aliphatic carbocycles. The van der Waals surface area contributed by atoms with E-state index in [1.807, 2.05) is 0 Å². The van der Waals surface area contributed by atoms with Crippen LogP contribution in [0.25, 0.3) is 11.3 Å². The van der Waals surface area contributed by atoms with Crippen LogP contribution in [0.4, 0.5) is 10.2 Å². The van der Waals surface area contributed by atoms with Gasteiger partial charge in [-0.05, 0) is 56.0 Å². The van der Waals surface area contributed by atoms with E-state index < -0.39 is 33.8 Å². The van der Waals surface area contributed by atoms with Gasteiger partial charge in [0.25, 0.3) is 5.91 Å². The largest absolute Gasteiger partial charge is 0.444 e. The van der Waals surface area contributed by atoms with E-state index in [1.54, 1.807) is 19.9 Å². The zero-order valence-electron chi connectivity index (χ0n) is 19.7. The maximum atomic E-state index is 13.5. The fourth-order valence-corrected chi connectivity index (χ4v) is 5.00. The molecule has 34 heavy (non-hydrogen) atoms. The van der Waals surface area contributed by atoms with E-state index in [1.165, 1.54) is 35.6 Å². The van der Waals surface area contributed by atoms with Crippen molar-refractivity contribution in [2.45, 2.75) is 45.1 Å². The van der Waals surface area contributed by atoms with Gasteiger partial charge in [0.05, 0.1) is 17.9 Å². The molecule has 1 aliphatic rings. The van der Waals surface area contributed by atoms with Gasteiger partial charge >= 0.3 is 0 Å². The predicted octanol–water partition coefficient (Wildman–Crippen LogP) is 3.69. The van der Waals surface area contributed by atoms with Crippen LogP contribution in [0.5, 0.6) is 0 Å². The summed E-state index contributed by atoms with van der Waals surface area (Å²) in [4.78, 5) is 17.3. The van der Waals surface area contributed by atoms with Crippen molar-refractivity contribution in [3.63, 3.8) is 0 Å². The number of halogens is 1. The van der Waals surface area contributed by atoms with Crippen molar-refractivity contribution >= 4 is 21.7 Å². The maximum Gasteiger partial charge on any atom is 0.255 e. The number of aliphatic hydroxyl groups excluding tert-OH is 1. The van der Waals surface area contributed by atoms with Crippen molar-refractivity contribution in [2.24, 2.45) is 0 Å². The highest BCUT2D eigenvalue weighted by atomic mass is 32.2. The van der Waals surface area contributed by atoms with Crippen molar-refractivity contribution in [1.29, 1.82) is 0 Å². The van der Waals surface area contributed by atoms with E-state index in [-0.39, 0.29) is 23.7 Å². The summed E-state index contributed by atoms with van der Waals surface area (Å²) >= 11 is 0. The number of benzene rings is 1. The third kappa shape index (κ3) is 5.56. The van der Waals surface area contributed by atoms with E-state index in [0.29, 0.717) is 36.0 Å². The van der Waals surface area contributed by atoms with Gasteiger partial charge in [0, 0.05) is 30.6 Å². The van der Waals surface area contributed by atoms with Gasteiger partial charge in [-0.3, -0.25) is 9.10 Å². The SMILES string of the molecule is CNC(=O)c1c(C)cc2c(ncoc1-c1ccc(F)cc1)N(S(C)(=O)=O)CCCCC(O)C2C. The van der Waals surface area contributed by atoms with Gasteiger partial charge in [0.2, 0.25) is 10.0 Å². The van der Waals surface area contributed by atoms with Crippen LogP contribution in [-0.2, 0) is 10.0 Å². The average Bonchev–Trinajstić information content (AvgIpc) is 2.88. The Morgan fingerprint density at radius 1 is 1.26 bits per heavy atom. The number of aromatic nitrogens is 1. The molecule has 1 aliphatic heterocycles. The van der Waals surface area contributed by atoms with Crippen molar-refractivity contribution in [2.75, 3.05) is 24.2 Å². The van der Waals surface area contributed by atoms with Gasteiger partial charge in [-0.15, -0.1) is 0 Å². The highest BCUT2D eigenvalue weighted by Crippen LogP contribution is 2.34. The number of hydrogen-bond donors (Lipinski definition) is 2. The van der Waals surface area contributed by atoms with E-state index in [2.05, 4.69) is 10.3 Å². The molecule has 2 atom stereocenters. The first-order chi connectivity index (χ1) is 16.0. The van der Waals surface area contributed by atoms with Crippen molar-refractivity contribution in [3.8, 4) is 11.3 Å². The Labute approximate surface area is 199 Å². The molecule has 0 spiro atoms. The fourth-order valence-electron chi connectivity index (χ4n) is 4.07. The van der Waals surface area contributed by atoms with Gasteiger partial charge in [-0.1, -0.05) is 13.0 Å². The normalized spacial score (nSPS) is 18.7. The van der Waals surface area contributed by atoms with E-state index in [9.17, 15) is 22.7 Å². The van der Waals surface area contributed by atoms with Crippen LogP contribution in [0.3, 0.4) is 0 Å². The minimum absolute atomic E-state index is 0.131. The molecule has 0 radical (unpaired) electrons. The minimum atomic E-state index is -3.69. The number of hydrogen-bond acceptors (Lipinski definition) is 6. The first-order valence-corrected chi connectivity index (χ1v) is 12.9. The molecular formula is C24H30FN3O5S. The van der Waals surface area contributed by atoms with Crippen molar-refractivity contribution in [1.82, 2.24) is 10.3 Å². The zero-order valence-corrected chi connectivity index (χ0v) is 20.5.